The molecule has 1 fully saturated rings. The summed E-state index contributed by atoms with van der Waals surface area (Å²) in [5.74, 6) is 0.100. The number of anilines is 1. The van der Waals surface area contributed by atoms with Gasteiger partial charge < -0.3 is 5.32 Å². The summed E-state index contributed by atoms with van der Waals surface area (Å²) >= 11 is 0. The molecule has 1 N–H and O–H groups in total. The number of nitrogens with zero attached hydrogens (tertiary/aromatic N) is 2. The minimum Gasteiger partial charge on any atom is -0.320 e. The largest absolute Gasteiger partial charge is 0.320 e. The third kappa shape index (κ3) is 2.75. The average Bonchev–Trinajstić information content (AvgIpc) is 3.44. The molecule has 0 aliphatic heterocycles. The Labute approximate surface area is 151 Å². The monoisotopic (exact) mass is 347 g/mol. The molecule has 0 spiro atoms. The van der Waals surface area contributed by atoms with Crippen molar-refractivity contribution in [3.8, 4) is 5.69 Å². The van der Waals surface area contributed by atoms with Crippen LogP contribution in [0.15, 0.2) is 65.5 Å². The number of rotatable bonds is 4. The van der Waals surface area contributed by atoms with Gasteiger partial charge >= 0.3 is 0 Å². The normalized spacial score (nSPS) is 18.5. The highest BCUT2D eigenvalue weighted by molar-refractivity contribution is 5.95. The summed E-state index contributed by atoms with van der Waals surface area (Å²) in [6.07, 6.45) is 0.828. The van der Waals surface area contributed by atoms with Gasteiger partial charge in [0.1, 0.15) is 5.69 Å². The molecule has 0 saturated heterocycles. The smallest absolute Gasteiger partial charge is 0.295 e. The highest BCUT2D eigenvalue weighted by atomic mass is 16.2. The van der Waals surface area contributed by atoms with Gasteiger partial charge in [-0.25, -0.2) is 4.68 Å². The predicted molar refractivity (Wildman–Crippen MR) is 102 cm³/mol. The molecule has 1 aliphatic carbocycles. The summed E-state index contributed by atoms with van der Waals surface area (Å²) in [7, 11) is 1.82. The van der Waals surface area contributed by atoms with Gasteiger partial charge in [-0.15, -0.1) is 0 Å². The van der Waals surface area contributed by atoms with Crippen LogP contribution in [-0.2, 0) is 11.8 Å². The number of benzene rings is 2. The zero-order valence-corrected chi connectivity index (χ0v) is 14.8. The van der Waals surface area contributed by atoms with E-state index >= 15 is 0 Å². The maximum atomic E-state index is 12.9. The Kier molecular flexibility index (Phi) is 3.99. The number of amides is 1. The van der Waals surface area contributed by atoms with Gasteiger partial charge in [0, 0.05) is 13.0 Å². The highest BCUT2D eigenvalue weighted by Gasteiger charge is 2.44. The molecule has 0 radical (unpaired) electrons. The Hall–Kier alpha value is -3.08. The molecule has 2 aromatic carbocycles. The standard InChI is InChI=1S/C21H21N3O2/c1-14-19(21(26)24(23(14)2)16-11-7-4-8-12-16)22-20(25)18-13-17(18)15-9-5-3-6-10-15/h3-12,17-18H,13H2,1-2H3,(H,22,25). The lowest BCUT2D eigenvalue weighted by Gasteiger charge is -2.07. The molecule has 2 atom stereocenters. The minimum absolute atomic E-state index is 0.0680. The topological polar surface area (TPSA) is 56.0 Å². The lowest BCUT2D eigenvalue weighted by Crippen LogP contribution is -2.23. The molecule has 1 amide bonds. The molecule has 1 heterocycles. The number of carbonyl (C=O) groups is 1. The van der Waals surface area contributed by atoms with Crippen LogP contribution >= 0.6 is 0 Å². The van der Waals surface area contributed by atoms with E-state index in [9.17, 15) is 9.59 Å². The molecule has 1 aromatic heterocycles. The maximum Gasteiger partial charge on any atom is 0.295 e. The van der Waals surface area contributed by atoms with E-state index < -0.39 is 0 Å². The number of carbonyl (C=O) groups excluding carboxylic acids is 1. The maximum absolute atomic E-state index is 12.9. The van der Waals surface area contributed by atoms with Gasteiger partial charge in [-0.1, -0.05) is 48.5 Å². The van der Waals surface area contributed by atoms with Crippen molar-refractivity contribution >= 4 is 11.6 Å². The van der Waals surface area contributed by atoms with E-state index in [2.05, 4.69) is 5.32 Å². The van der Waals surface area contributed by atoms with Crippen LogP contribution in [0.4, 0.5) is 5.69 Å². The molecule has 1 aliphatic rings. The van der Waals surface area contributed by atoms with E-state index in [0.717, 1.165) is 17.8 Å². The van der Waals surface area contributed by atoms with Crippen LogP contribution in [0, 0.1) is 12.8 Å². The zero-order valence-electron chi connectivity index (χ0n) is 14.8. The van der Waals surface area contributed by atoms with Gasteiger partial charge in [0.15, 0.2) is 0 Å². The second-order valence-corrected chi connectivity index (χ2v) is 6.79. The van der Waals surface area contributed by atoms with Crippen LogP contribution < -0.4 is 10.9 Å². The fraction of sp³-hybridized carbons (Fsp3) is 0.238. The van der Waals surface area contributed by atoms with Crippen molar-refractivity contribution in [2.24, 2.45) is 13.0 Å². The second-order valence-electron chi connectivity index (χ2n) is 6.79. The van der Waals surface area contributed by atoms with E-state index in [0.29, 0.717) is 5.69 Å². The average molecular weight is 347 g/mol. The Bertz CT molecular complexity index is 1000. The van der Waals surface area contributed by atoms with Crippen molar-refractivity contribution in [2.75, 3.05) is 5.32 Å². The molecular formula is C21H21N3O2. The zero-order chi connectivity index (χ0) is 18.3. The molecule has 5 heteroatoms. The Balaban J connectivity index is 1.58. The van der Waals surface area contributed by atoms with Gasteiger partial charge in [0.25, 0.3) is 5.56 Å². The predicted octanol–water partition coefficient (Wildman–Crippen LogP) is 3.23. The number of hydrogen-bond donors (Lipinski definition) is 1. The van der Waals surface area contributed by atoms with Gasteiger partial charge in [0.05, 0.1) is 11.4 Å². The molecular weight excluding hydrogens is 326 g/mol. The molecule has 0 bridgehead atoms. The molecule has 1 saturated carbocycles. The fourth-order valence-electron chi connectivity index (χ4n) is 3.48. The van der Waals surface area contributed by atoms with Gasteiger partial charge in [0.2, 0.25) is 5.91 Å². The number of para-hydroxylation sites is 1. The summed E-state index contributed by atoms with van der Waals surface area (Å²) in [4.78, 5) is 25.5. The third-order valence-corrected chi connectivity index (χ3v) is 5.16. The van der Waals surface area contributed by atoms with Gasteiger partial charge in [-0.3, -0.25) is 14.3 Å². The van der Waals surface area contributed by atoms with E-state index in [1.807, 2.05) is 74.6 Å². The van der Waals surface area contributed by atoms with Crippen molar-refractivity contribution in [2.45, 2.75) is 19.3 Å². The van der Waals surface area contributed by atoms with Crippen LogP contribution in [0.1, 0.15) is 23.6 Å². The Morgan fingerprint density at radius 1 is 1.04 bits per heavy atom. The van der Waals surface area contributed by atoms with Crippen molar-refractivity contribution in [1.82, 2.24) is 9.36 Å². The summed E-state index contributed by atoms with van der Waals surface area (Å²) in [5.41, 5.74) is 2.85. The lowest BCUT2D eigenvalue weighted by atomic mass is 10.1. The van der Waals surface area contributed by atoms with Crippen LogP contribution in [0.25, 0.3) is 5.69 Å². The summed E-state index contributed by atoms with van der Waals surface area (Å²) in [6.45, 7) is 1.85. The molecule has 5 nitrogen and oxygen atoms in total. The van der Waals surface area contributed by atoms with Crippen molar-refractivity contribution in [3.63, 3.8) is 0 Å². The minimum atomic E-state index is -0.207. The first-order valence-corrected chi connectivity index (χ1v) is 8.77. The first kappa shape index (κ1) is 16.4. The van der Waals surface area contributed by atoms with Crippen molar-refractivity contribution in [3.05, 3.63) is 82.3 Å². The van der Waals surface area contributed by atoms with Crippen LogP contribution in [0.3, 0.4) is 0 Å². The molecule has 26 heavy (non-hydrogen) atoms. The van der Waals surface area contributed by atoms with Crippen LogP contribution in [0.5, 0.6) is 0 Å². The highest BCUT2D eigenvalue weighted by Crippen LogP contribution is 2.47. The SMILES string of the molecule is Cc1c(NC(=O)C2CC2c2ccccc2)c(=O)n(-c2ccccc2)n1C. The van der Waals surface area contributed by atoms with Gasteiger partial charge in [-0.2, -0.15) is 0 Å². The quantitative estimate of drug-likeness (QED) is 0.788. The number of aromatic nitrogens is 2. The van der Waals surface area contributed by atoms with E-state index in [1.165, 1.54) is 5.56 Å². The van der Waals surface area contributed by atoms with E-state index in [4.69, 9.17) is 0 Å². The van der Waals surface area contributed by atoms with Gasteiger partial charge in [-0.05, 0) is 37.0 Å². The first-order valence-electron chi connectivity index (χ1n) is 8.77. The summed E-state index contributed by atoms with van der Waals surface area (Å²) in [6, 6.07) is 19.5. The molecule has 3 aromatic rings. The first-order chi connectivity index (χ1) is 12.6. The van der Waals surface area contributed by atoms with Crippen molar-refractivity contribution < 1.29 is 4.79 Å². The Morgan fingerprint density at radius 3 is 2.31 bits per heavy atom. The second kappa shape index (κ2) is 6.33. The number of nitrogens with one attached hydrogen (secondary N) is 1. The van der Waals surface area contributed by atoms with Crippen LogP contribution in [-0.4, -0.2) is 15.3 Å². The van der Waals surface area contributed by atoms with Crippen molar-refractivity contribution in [1.29, 1.82) is 0 Å². The van der Waals surface area contributed by atoms with Crippen LogP contribution in [0.2, 0.25) is 0 Å². The summed E-state index contributed by atoms with van der Waals surface area (Å²) in [5, 5.41) is 2.88. The molecule has 4 rings (SSSR count). The molecule has 2 unspecified atom stereocenters. The number of hydrogen-bond acceptors (Lipinski definition) is 2. The summed E-state index contributed by atoms with van der Waals surface area (Å²) < 4.78 is 3.35. The molecule has 132 valence electrons. The fourth-order valence-corrected chi connectivity index (χ4v) is 3.48. The lowest BCUT2D eigenvalue weighted by molar-refractivity contribution is -0.117. The third-order valence-electron chi connectivity index (χ3n) is 5.16. The van der Waals surface area contributed by atoms with E-state index in [1.54, 1.807) is 9.36 Å². The van der Waals surface area contributed by atoms with E-state index in [-0.39, 0.29) is 23.3 Å². The Morgan fingerprint density at radius 2 is 1.65 bits per heavy atom.